The van der Waals surface area contributed by atoms with Crippen molar-refractivity contribution >= 4 is 64.2 Å². The SMILES string of the molecule is c1ccc(-c2cc(-c3ccccc3)nc(-c3cccc(-n4c5cc6ccn(-c7ccccc7)c6cc5c5cc6c(cc54)sc4ccccc46)c3)n2)cc1. The molecule has 0 saturated heterocycles. The third-order valence-corrected chi connectivity index (χ3v) is 11.5. The van der Waals surface area contributed by atoms with E-state index >= 15 is 0 Å². The van der Waals surface area contributed by atoms with Crippen molar-refractivity contribution in [3.63, 3.8) is 0 Å². The minimum atomic E-state index is 0.696. The number of hydrogen-bond acceptors (Lipinski definition) is 3. The maximum atomic E-state index is 5.16. The number of thiophene rings is 1. The highest BCUT2D eigenvalue weighted by atomic mass is 32.1. The van der Waals surface area contributed by atoms with Gasteiger partial charge in [0.2, 0.25) is 0 Å². The standard InChI is InChI=1S/C48H30N4S/c1-4-13-31(14-5-1)41-29-42(32-15-6-2-7-16-32)50-48(49-41)34-17-12-20-36(25-34)52-44-26-33-23-24-51(35-18-8-3-9-19-35)43(33)28-39(44)38-27-40-37-21-10-11-22-46(37)53-47(40)30-45(38)52/h1-30H. The molecule has 0 aliphatic heterocycles. The molecule has 0 saturated carbocycles. The van der Waals surface area contributed by atoms with E-state index < -0.39 is 0 Å². The Hall–Kier alpha value is -6.82. The third kappa shape index (κ3) is 4.90. The third-order valence-electron chi connectivity index (χ3n) is 10.3. The zero-order valence-electron chi connectivity index (χ0n) is 28.5. The van der Waals surface area contributed by atoms with Crippen LogP contribution in [0.2, 0.25) is 0 Å². The summed E-state index contributed by atoms with van der Waals surface area (Å²) in [5, 5.41) is 6.25. The van der Waals surface area contributed by atoms with Gasteiger partial charge in [0.15, 0.2) is 5.82 Å². The second kappa shape index (κ2) is 11.9. The van der Waals surface area contributed by atoms with Crippen LogP contribution >= 0.6 is 11.3 Å². The lowest BCUT2D eigenvalue weighted by Gasteiger charge is -2.12. The van der Waals surface area contributed by atoms with Gasteiger partial charge in [0, 0.05) is 70.6 Å². The molecule has 53 heavy (non-hydrogen) atoms. The summed E-state index contributed by atoms with van der Waals surface area (Å²) in [4.78, 5) is 10.3. The summed E-state index contributed by atoms with van der Waals surface area (Å²) in [6, 6.07) is 62.6. The Morgan fingerprint density at radius 2 is 1.02 bits per heavy atom. The highest BCUT2D eigenvalue weighted by Gasteiger charge is 2.19. The van der Waals surface area contributed by atoms with Gasteiger partial charge in [-0.3, -0.25) is 0 Å². The van der Waals surface area contributed by atoms with Gasteiger partial charge >= 0.3 is 0 Å². The van der Waals surface area contributed by atoms with Gasteiger partial charge in [-0.2, -0.15) is 0 Å². The first kappa shape index (κ1) is 29.9. The lowest BCUT2D eigenvalue weighted by atomic mass is 10.1. The monoisotopic (exact) mass is 694 g/mol. The molecule has 11 rings (SSSR count). The molecule has 4 nitrogen and oxygen atoms in total. The Morgan fingerprint density at radius 3 is 1.77 bits per heavy atom. The van der Waals surface area contributed by atoms with E-state index in [1.165, 1.54) is 52.9 Å². The fraction of sp³-hybridized carbons (Fsp3) is 0. The Labute approximate surface area is 309 Å². The van der Waals surface area contributed by atoms with Gasteiger partial charge < -0.3 is 9.13 Å². The van der Waals surface area contributed by atoms with Crippen molar-refractivity contribution in [1.82, 2.24) is 19.1 Å². The first-order valence-electron chi connectivity index (χ1n) is 17.8. The second-order valence-electron chi connectivity index (χ2n) is 13.5. The molecule has 4 aromatic heterocycles. The first-order chi connectivity index (χ1) is 26.2. The van der Waals surface area contributed by atoms with Crippen LogP contribution in [0.15, 0.2) is 182 Å². The number of benzene rings is 7. The van der Waals surface area contributed by atoms with Crippen LogP contribution in [0.1, 0.15) is 0 Å². The predicted octanol–water partition coefficient (Wildman–Crippen LogP) is 12.9. The van der Waals surface area contributed by atoms with Crippen LogP contribution in [0.3, 0.4) is 0 Å². The van der Waals surface area contributed by atoms with E-state index in [1.54, 1.807) is 0 Å². The molecule has 4 heterocycles. The van der Waals surface area contributed by atoms with E-state index in [4.69, 9.17) is 9.97 Å². The van der Waals surface area contributed by atoms with Crippen LogP contribution in [0, 0.1) is 0 Å². The quantitative estimate of drug-likeness (QED) is 0.180. The number of nitrogens with zero attached hydrogens (tertiary/aromatic N) is 4. The average molecular weight is 695 g/mol. The van der Waals surface area contributed by atoms with Crippen LogP contribution < -0.4 is 0 Å². The Bertz CT molecular complexity index is 3100. The van der Waals surface area contributed by atoms with Gasteiger partial charge in [0.25, 0.3) is 0 Å². The molecule has 0 amide bonds. The number of aromatic nitrogens is 4. The molecule has 0 N–H and O–H groups in total. The second-order valence-corrected chi connectivity index (χ2v) is 14.6. The molecule has 0 fully saturated rings. The predicted molar refractivity (Wildman–Crippen MR) is 222 cm³/mol. The maximum absolute atomic E-state index is 5.16. The van der Waals surface area contributed by atoms with Crippen molar-refractivity contribution in [2.24, 2.45) is 0 Å². The van der Waals surface area contributed by atoms with Crippen LogP contribution in [-0.2, 0) is 0 Å². The fourth-order valence-corrected chi connectivity index (χ4v) is 8.95. The summed E-state index contributed by atoms with van der Waals surface area (Å²) in [5.41, 5.74) is 10.6. The van der Waals surface area contributed by atoms with E-state index in [0.29, 0.717) is 5.82 Å². The molecule has 7 aromatic carbocycles. The van der Waals surface area contributed by atoms with Gasteiger partial charge in [-0.15, -0.1) is 11.3 Å². The largest absolute Gasteiger partial charge is 0.317 e. The van der Waals surface area contributed by atoms with Crippen LogP contribution in [0.25, 0.3) is 98.2 Å². The molecule has 0 atom stereocenters. The van der Waals surface area contributed by atoms with Crippen molar-refractivity contribution in [2.45, 2.75) is 0 Å². The smallest absolute Gasteiger partial charge is 0.160 e. The van der Waals surface area contributed by atoms with Crippen molar-refractivity contribution in [3.05, 3.63) is 182 Å². The van der Waals surface area contributed by atoms with E-state index in [-0.39, 0.29) is 0 Å². The Kier molecular flexibility index (Phi) is 6.69. The van der Waals surface area contributed by atoms with E-state index in [0.717, 1.165) is 39.5 Å². The summed E-state index contributed by atoms with van der Waals surface area (Å²) in [6.45, 7) is 0. The van der Waals surface area contributed by atoms with Crippen molar-refractivity contribution < 1.29 is 0 Å². The normalized spacial score (nSPS) is 11.8. The summed E-state index contributed by atoms with van der Waals surface area (Å²) < 4.78 is 7.30. The maximum Gasteiger partial charge on any atom is 0.160 e. The first-order valence-corrected chi connectivity index (χ1v) is 18.6. The number of para-hydroxylation sites is 1. The summed E-state index contributed by atoms with van der Waals surface area (Å²) in [6.07, 6.45) is 2.18. The van der Waals surface area contributed by atoms with Crippen LogP contribution in [0.4, 0.5) is 0 Å². The van der Waals surface area contributed by atoms with Gasteiger partial charge in [-0.1, -0.05) is 109 Å². The molecule has 0 unspecified atom stereocenters. The van der Waals surface area contributed by atoms with Gasteiger partial charge in [0.05, 0.1) is 27.9 Å². The molecule has 0 aliphatic carbocycles. The minimum absolute atomic E-state index is 0.696. The summed E-state index contributed by atoms with van der Waals surface area (Å²) in [7, 11) is 0. The van der Waals surface area contributed by atoms with Gasteiger partial charge in [-0.05, 0) is 66.7 Å². The Morgan fingerprint density at radius 1 is 0.396 bits per heavy atom. The van der Waals surface area contributed by atoms with E-state index in [1.807, 2.05) is 23.5 Å². The van der Waals surface area contributed by atoms with Crippen LogP contribution in [-0.4, -0.2) is 19.1 Å². The highest BCUT2D eigenvalue weighted by molar-refractivity contribution is 7.25. The molecule has 5 heteroatoms. The molecule has 11 aromatic rings. The fourth-order valence-electron chi connectivity index (χ4n) is 7.83. The minimum Gasteiger partial charge on any atom is -0.317 e. The van der Waals surface area contributed by atoms with E-state index in [2.05, 4.69) is 179 Å². The highest BCUT2D eigenvalue weighted by Crippen LogP contribution is 2.42. The molecule has 0 aliphatic rings. The zero-order valence-corrected chi connectivity index (χ0v) is 29.3. The molecular formula is C48H30N4S. The number of rotatable bonds is 5. The Balaban J connectivity index is 1.17. The van der Waals surface area contributed by atoms with Crippen molar-refractivity contribution in [2.75, 3.05) is 0 Å². The molecule has 0 radical (unpaired) electrons. The van der Waals surface area contributed by atoms with Crippen molar-refractivity contribution in [3.8, 4) is 45.3 Å². The molecule has 248 valence electrons. The van der Waals surface area contributed by atoms with Gasteiger partial charge in [-0.25, -0.2) is 9.97 Å². The summed E-state index contributed by atoms with van der Waals surface area (Å²) in [5.74, 6) is 0.696. The zero-order chi connectivity index (χ0) is 34.9. The number of fused-ring (bicyclic) bond motifs is 7. The molecule has 0 bridgehead atoms. The van der Waals surface area contributed by atoms with E-state index in [9.17, 15) is 0 Å². The molecular weight excluding hydrogens is 665 g/mol. The lowest BCUT2D eigenvalue weighted by molar-refractivity contribution is 1.13. The van der Waals surface area contributed by atoms with Crippen molar-refractivity contribution in [1.29, 1.82) is 0 Å². The lowest BCUT2D eigenvalue weighted by Crippen LogP contribution is -1.98. The summed E-state index contributed by atoms with van der Waals surface area (Å²) >= 11 is 1.86. The van der Waals surface area contributed by atoms with Crippen LogP contribution in [0.5, 0.6) is 0 Å². The average Bonchev–Trinajstić information content (AvgIpc) is 3.91. The number of hydrogen-bond donors (Lipinski definition) is 0. The van der Waals surface area contributed by atoms with Gasteiger partial charge in [0.1, 0.15) is 0 Å². The molecule has 0 spiro atoms. The topological polar surface area (TPSA) is 35.6 Å².